The van der Waals surface area contributed by atoms with Gasteiger partial charge in [0.25, 0.3) is 5.91 Å². The number of amides is 1. The molecule has 1 saturated heterocycles. The van der Waals surface area contributed by atoms with Gasteiger partial charge in [-0.3, -0.25) is 9.69 Å². The Hall–Kier alpha value is -2.80. The molecule has 0 saturated carbocycles. The molecule has 0 radical (unpaired) electrons. The number of methoxy groups -OCH3 is 2. The van der Waals surface area contributed by atoms with Crippen LogP contribution in [0.25, 0.3) is 0 Å². The molecule has 0 bridgehead atoms. The van der Waals surface area contributed by atoms with Crippen molar-refractivity contribution >= 4 is 5.91 Å². The number of nitrogens with zero attached hydrogens (tertiary/aromatic N) is 2. The first-order valence-electron chi connectivity index (χ1n) is 9.22. The highest BCUT2D eigenvalue weighted by Gasteiger charge is 2.23. The van der Waals surface area contributed by atoms with E-state index in [1.807, 2.05) is 4.90 Å². The molecule has 0 spiro atoms. The molecule has 0 N–H and O–H groups in total. The van der Waals surface area contributed by atoms with E-state index in [9.17, 15) is 9.18 Å². The summed E-state index contributed by atoms with van der Waals surface area (Å²) in [6.07, 6.45) is 0. The Morgan fingerprint density at radius 2 is 1.64 bits per heavy atom. The molecule has 1 aliphatic heterocycles. The minimum Gasteiger partial charge on any atom is -0.497 e. The average Bonchev–Trinajstić information content (AvgIpc) is 2.74. The molecule has 28 heavy (non-hydrogen) atoms. The fraction of sp³-hybridized carbons (Fsp3) is 0.381. The fourth-order valence-corrected chi connectivity index (χ4v) is 3.13. The SMILES string of the molecule is COc1cc(OC)cc(C(=O)N2CCN(CCOc3ccccc3F)CC2)c1. The van der Waals surface area contributed by atoms with Gasteiger partial charge in [0.1, 0.15) is 18.1 Å². The molecule has 3 rings (SSSR count). The number of rotatable bonds is 7. The summed E-state index contributed by atoms with van der Waals surface area (Å²) in [5.74, 6) is 1.05. The van der Waals surface area contributed by atoms with Crippen LogP contribution in [0.2, 0.25) is 0 Å². The van der Waals surface area contributed by atoms with Crippen LogP contribution in [-0.4, -0.2) is 69.3 Å². The number of halogens is 1. The second kappa shape index (κ2) is 9.41. The fourth-order valence-electron chi connectivity index (χ4n) is 3.13. The van der Waals surface area contributed by atoms with Crippen molar-refractivity contribution in [3.05, 3.63) is 53.8 Å². The number of piperazine rings is 1. The van der Waals surface area contributed by atoms with Gasteiger partial charge in [-0.1, -0.05) is 12.1 Å². The number of benzene rings is 2. The lowest BCUT2D eigenvalue weighted by Crippen LogP contribution is -2.49. The van der Waals surface area contributed by atoms with Crippen LogP contribution in [0.4, 0.5) is 4.39 Å². The minimum absolute atomic E-state index is 0.0422. The van der Waals surface area contributed by atoms with Gasteiger partial charge in [0.15, 0.2) is 11.6 Å². The Morgan fingerprint density at radius 3 is 2.25 bits per heavy atom. The van der Waals surface area contributed by atoms with Crippen LogP contribution < -0.4 is 14.2 Å². The summed E-state index contributed by atoms with van der Waals surface area (Å²) in [7, 11) is 3.12. The van der Waals surface area contributed by atoms with E-state index in [1.165, 1.54) is 6.07 Å². The monoisotopic (exact) mass is 388 g/mol. The highest BCUT2D eigenvalue weighted by atomic mass is 19.1. The van der Waals surface area contributed by atoms with Gasteiger partial charge in [-0.15, -0.1) is 0 Å². The normalized spacial score (nSPS) is 14.6. The van der Waals surface area contributed by atoms with Gasteiger partial charge in [-0.25, -0.2) is 4.39 Å². The maximum Gasteiger partial charge on any atom is 0.254 e. The number of carbonyl (C=O) groups is 1. The largest absolute Gasteiger partial charge is 0.497 e. The van der Waals surface area contributed by atoms with E-state index >= 15 is 0 Å². The van der Waals surface area contributed by atoms with E-state index < -0.39 is 0 Å². The van der Waals surface area contributed by atoms with E-state index in [-0.39, 0.29) is 17.5 Å². The Labute approximate surface area is 164 Å². The highest BCUT2D eigenvalue weighted by Crippen LogP contribution is 2.24. The molecule has 7 heteroatoms. The summed E-state index contributed by atoms with van der Waals surface area (Å²) in [6.45, 7) is 3.82. The van der Waals surface area contributed by atoms with Crippen molar-refractivity contribution in [3.8, 4) is 17.2 Å². The van der Waals surface area contributed by atoms with Gasteiger partial charge in [-0.05, 0) is 24.3 Å². The Bertz CT molecular complexity index is 784. The van der Waals surface area contributed by atoms with E-state index in [4.69, 9.17) is 14.2 Å². The summed E-state index contributed by atoms with van der Waals surface area (Å²) >= 11 is 0. The molecule has 0 atom stereocenters. The second-order valence-corrected chi connectivity index (χ2v) is 6.51. The third-order valence-electron chi connectivity index (χ3n) is 4.76. The van der Waals surface area contributed by atoms with Gasteiger partial charge < -0.3 is 19.1 Å². The molecule has 6 nitrogen and oxygen atoms in total. The summed E-state index contributed by atoms with van der Waals surface area (Å²) in [6, 6.07) is 11.6. The van der Waals surface area contributed by atoms with Gasteiger partial charge in [0, 0.05) is 44.4 Å². The van der Waals surface area contributed by atoms with Crippen molar-refractivity contribution < 1.29 is 23.4 Å². The maximum absolute atomic E-state index is 13.6. The second-order valence-electron chi connectivity index (χ2n) is 6.51. The van der Waals surface area contributed by atoms with Crippen LogP contribution in [0.3, 0.4) is 0 Å². The van der Waals surface area contributed by atoms with E-state index in [0.29, 0.717) is 43.3 Å². The lowest BCUT2D eigenvalue weighted by Gasteiger charge is -2.34. The smallest absolute Gasteiger partial charge is 0.254 e. The first-order chi connectivity index (χ1) is 13.6. The maximum atomic E-state index is 13.6. The molecule has 0 aliphatic carbocycles. The molecule has 0 unspecified atom stereocenters. The number of hydrogen-bond acceptors (Lipinski definition) is 5. The summed E-state index contributed by atoms with van der Waals surface area (Å²) in [4.78, 5) is 16.8. The van der Waals surface area contributed by atoms with E-state index in [2.05, 4.69) is 4.90 Å². The zero-order chi connectivity index (χ0) is 19.9. The number of para-hydroxylation sites is 1. The standard InChI is InChI=1S/C21H25FN2O4/c1-26-17-13-16(14-18(15-17)27-2)21(25)24-9-7-23(8-10-24)11-12-28-20-6-4-3-5-19(20)22/h3-6,13-15H,7-12H2,1-2H3. The predicted molar refractivity (Wildman–Crippen MR) is 104 cm³/mol. The molecule has 1 fully saturated rings. The lowest BCUT2D eigenvalue weighted by molar-refractivity contribution is 0.0618. The predicted octanol–water partition coefficient (Wildman–Crippen LogP) is 2.68. The number of ether oxygens (including phenoxy) is 3. The summed E-state index contributed by atoms with van der Waals surface area (Å²) < 4.78 is 29.6. The van der Waals surface area contributed by atoms with Crippen LogP contribution in [0.1, 0.15) is 10.4 Å². The minimum atomic E-state index is -0.355. The van der Waals surface area contributed by atoms with Crippen molar-refractivity contribution in [1.82, 2.24) is 9.80 Å². The molecule has 1 amide bonds. The van der Waals surface area contributed by atoms with Crippen molar-refractivity contribution in [2.45, 2.75) is 0 Å². The van der Waals surface area contributed by atoms with Gasteiger partial charge >= 0.3 is 0 Å². The first-order valence-corrected chi connectivity index (χ1v) is 9.22. The topological polar surface area (TPSA) is 51.2 Å². The van der Waals surface area contributed by atoms with Crippen LogP contribution in [0, 0.1) is 5.82 Å². The van der Waals surface area contributed by atoms with Gasteiger partial charge in [-0.2, -0.15) is 0 Å². The van der Waals surface area contributed by atoms with Crippen molar-refractivity contribution in [2.75, 3.05) is 53.6 Å². The molecule has 2 aromatic carbocycles. The molecular weight excluding hydrogens is 363 g/mol. The zero-order valence-electron chi connectivity index (χ0n) is 16.2. The number of hydrogen-bond donors (Lipinski definition) is 0. The van der Waals surface area contributed by atoms with Crippen molar-refractivity contribution in [1.29, 1.82) is 0 Å². The molecule has 2 aromatic rings. The third-order valence-corrected chi connectivity index (χ3v) is 4.76. The Morgan fingerprint density at radius 1 is 1.00 bits per heavy atom. The molecule has 150 valence electrons. The molecule has 1 heterocycles. The van der Waals surface area contributed by atoms with Gasteiger partial charge in [0.05, 0.1) is 14.2 Å². The van der Waals surface area contributed by atoms with Crippen LogP contribution in [-0.2, 0) is 0 Å². The van der Waals surface area contributed by atoms with Gasteiger partial charge in [0.2, 0.25) is 0 Å². The van der Waals surface area contributed by atoms with Crippen LogP contribution >= 0.6 is 0 Å². The Kier molecular flexibility index (Phi) is 6.71. The quantitative estimate of drug-likeness (QED) is 0.730. The van der Waals surface area contributed by atoms with Crippen molar-refractivity contribution in [2.24, 2.45) is 0 Å². The Balaban J connectivity index is 1.49. The molecular formula is C21H25FN2O4. The van der Waals surface area contributed by atoms with Crippen LogP contribution in [0.15, 0.2) is 42.5 Å². The molecule has 1 aliphatic rings. The third kappa shape index (κ3) is 4.92. The van der Waals surface area contributed by atoms with E-state index in [0.717, 1.165) is 13.1 Å². The van der Waals surface area contributed by atoms with E-state index in [1.54, 1.807) is 50.6 Å². The lowest BCUT2D eigenvalue weighted by atomic mass is 10.1. The van der Waals surface area contributed by atoms with Crippen LogP contribution in [0.5, 0.6) is 17.2 Å². The zero-order valence-corrected chi connectivity index (χ0v) is 16.2. The molecule has 0 aromatic heterocycles. The summed E-state index contributed by atoms with van der Waals surface area (Å²) in [5, 5.41) is 0. The highest BCUT2D eigenvalue weighted by molar-refractivity contribution is 5.95. The summed E-state index contributed by atoms with van der Waals surface area (Å²) in [5.41, 5.74) is 0.549. The first kappa shape index (κ1) is 19.9. The average molecular weight is 388 g/mol. The van der Waals surface area contributed by atoms with Crippen molar-refractivity contribution in [3.63, 3.8) is 0 Å². The number of carbonyl (C=O) groups excluding carboxylic acids is 1.